The number of carbonyl (C=O) groups excluding carboxylic acids is 1. The number of ether oxygens (including phenoxy) is 2. The number of hydrogen-bond acceptors (Lipinski definition) is 5. The van der Waals surface area contributed by atoms with Crippen molar-refractivity contribution in [3.8, 4) is 5.75 Å². The Kier molecular flexibility index (Phi) is 12.3. The predicted molar refractivity (Wildman–Crippen MR) is 143 cm³/mol. The van der Waals surface area contributed by atoms with Crippen molar-refractivity contribution in [2.24, 2.45) is 5.73 Å². The van der Waals surface area contributed by atoms with E-state index in [0.717, 1.165) is 59.7 Å². The molecule has 0 bridgehead atoms. The molecule has 1 amide bonds. The molecule has 0 spiro atoms. The second-order valence-corrected chi connectivity index (χ2v) is 15.4. The first kappa shape index (κ1) is 26.7. The molecule has 1 saturated carbocycles. The van der Waals surface area contributed by atoms with Crippen LogP contribution in [0.2, 0.25) is 0 Å². The van der Waals surface area contributed by atoms with E-state index in [2.05, 4.69) is 17.4 Å². The molecule has 2 fully saturated rings. The van der Waals surface area contributed by atoms with Crippen LogP contribution < -0.4 is 15.8 Å². The zero-order valence-electron chi connectivity index (χ0n) is 20.0. The molecule has 0 aromatic heterocycles. The second-order valence-electron chi connectivity index (χ2n) is 9.34. The van der Waals surface area contributed by atoms with E-state index in [0.29, 0.717) is 25.7 Å². The van der Waals surface area contributed by atoms with Crippen LogP contribution in [-0.4, -0.2) is 62.3 Å². The number of aliphatic hydroxyl groups is 1. The van der Waals surface area contributed by atoms with Gasteiger partial charge in [-0.3, -0.25) is 0 Å². The summed E-state index contributed by atoms with van der Waals surface area (Å²) in [5.41, 5.74) is 6.74. The number of nitrogens with two attached hydrogens (primary N) is 1. The standard InChI is InChI=1S/C26H43IN2O4/c28-15-5-17-33-25-11-9-21(10-12-25)18-22(19-27-14-13-23(30)20-27)29-26(31)8-2-1-3-16-32-24-6-4-7-24/h9-12,22-24,30H,1-8,13-20,28H2,(H,29,31). The second kappa shape index (κ2) is 15.2. The number of halogens is 1. The van der Waals surface area contributed by atoms with E-state index in [1.807, 2.05) is 12.1 Å². The summed E-state index contributed by atoms with van der Waals surface area (Å²) in [5.74, 6) is 1.03. The van der Waals surface area contributed by atoms with Crippen molar-refractivity contribution in [2.75, 3.05) is 33.0 Å². The third-order valence-electron chi connectivity index (χ3n) is 6.35. The fraction of sp³-hybridized carbons (Fsp3) is 0.731. The van der Waals surface area contributed by atoms with E-state index >= 15 is 0 Å². The van der Waals surface area contributed by atoms with Gasteiger partial charge in [0.2, 0.25) is 0 Å². The molecule has 7 heteroatoms. The Bertz CT molecular complexity index is 683. The Hall–Kier alpha value is -0.900. The van der Waals surface area contributed by atoms with Crippen LogP contribution >= 0.6 is 19.8 Å². The molecule has 2 unspecified atom stereocenters. The first-order chi connectivity index (χ1) is 16.1. The Labute approximate surface area is 206 Å². The summed E-state index contributed by atoms with van der Waals surface area (Å²) < 4.78 is 14.8. The van der Waals surface area contributed by atoms with Gasteiger partial charge in [-0.1, -0.05) is 0 Å². The zero-order chi connectivity index (χ0) is 23.3. The van der Waals surface area contributed by atoms with Crippen LogP contribution in [0.15, 0.2) is 24.3 Å². The molecule has 3 rings (SSSR count). The van der Waals surface area contributed by atoms with Gasteiger partial charge in [-0.25, -0.2) is 0 Å². The monoisotopic (exact) mass is 574 g/mol. The predicted octanol–water partition coefficient (Wildman–Crippen LogP) is 3.84. The summed E-state index contributed by atoms with van der Waals surface area (Å²) in [4.78, 5) is 12.7. The average molecular weight is 575 g/mol. The minimum atomic E-state index is -1.18. The molecule has 1 aliphatic carbocycles. The molecule has 2 atom stereocenters. The molecular weight excluding hydrogens is 531 g/mol. The third-order valence-corrected chi connectivity index (χ3v) is 13.1. The summed E-state index contributed by atoms with van der Waals surface area (Å²) in [6.07, 6.45) is 10.4. The van der Waals surface area contributed by atoms with Gasteiger partial charge in [0, 0.05) is 0 Å². The van der Waals surface area contributed by atoms with E-state index in [9.17, 15) is 9.90 Å². The quantitative estimate of drug-likeness (QED) is 0.159. The maximum absolute atomic E-state index is 12.7. The molecule has 1 heterocycles. The molecule has 6 nitrogen and oxygen atoms in total. The summed E-state index contributed by atoms with van der Waals surface area (Å²) in [7, 11) is 0. The fourth-order valence-corrected chi connectivity index (χ4v) is 10.9. The Balaban J connectivity index is 1.41. The van der Waals surface area contributed by atoms with Gasteiger partial charge in [-0.2, -0.15) is 0 Å². The topological polar surface area (TPSA) is 93.8 Å². The van der Waals surface area contributed by atoms with E-state index in [1.54, 1.807) is 0 Å². The Morgan fingerprint density at radius 1 is 1.12 bits per heavy atom. The molecule has 1 aliphatic heterocycles. The summed E-state index contributed by atoms with van der Waals surface area (Å²) in [6, 6.07) is 8.39. The van der Waals surface area contributed by atoms with E-state index < -0.39 is 19.8 Å². The molecule has 4 N–H and O–H groups in total. The van der Waals surface area contributed by atoms with Gasteiger partial charge >= 0.3 is 201 Å². The van der Waals surface area contributed by atoms with Crippen LogP contribution in [0.5, 0.6) is 5.75 Å². The normalized spacial score (nSPS) is 20.4. The molecule has 188 valence electrons. The molecule has 0 radical (unpaired) electrons. The van der Waals surface area contributed by atoms with Crippen LogP contribution in [0.25, 0.3) is 0 Å². The number of alkyl halides is 3. The van der Waals surface area contributed by atoms with Gasteiger partial charge in [0.1, 0.15) is 0 Å². The van der Waals surface area contributed by atoms with E-state index in [-0.39, 0.29) is 18.1 Å². The minimum absolute atomic E-state index is 0.112. The van der Waals surface area contributed by atoms with Crippen LogP contribution in [0.3, 0.4) is 0 Å². The number of rotatable bonds is 16. The summed E-state index contributed by atoms with van der Waals surface area (Å²) in [6.45, 7) is 2.10. The Morgan fingerprint density at radius 2 is 1.94 bits per heavy atom. The first-order valence-corrected chi connectivity index (χ1v) is 17.3. The third kappa shape index (κ3) is 10.5. The van der Waals surface area contributed by atoms with Crippen molar-refractivity contribution in [2.45, 2.75) is 82.5 Å². The van der Waals surface area contributed by atoms with Crippen LogP contribution in [-0.2, 0) is 16.0 Å². The van der Waals surface area contributed by atoms with Crippen molar-refractivity contribution in [3.05, 3.63) is 29.8 Å². The number of unbranched alkanes of at least 4 members (excludes halogenated alkanes) is 2. The van der Waals surface area contributed by atoms with Crippen LogP contribution in [0, 0.1) is 0 Å². The van der Waals surface area contributed by atoms with Gasteiger partial charge in [0.15, 0.2) is 0 Å². The van der Waals surface area contributed by atoms with E-state index in [1.165, 1.54) is 29.3 Å². The maximum atomic E-state index is 12.7. The summed E-state index contributed by atoms with van der Waals surface area (Å²) in [5, 5.41) is 13.3. The van der Waals surface area contributed by atoms with Gasteiger partial charge in [-0.05, 0) is 6.42 Å². The molecule has 33 heavy (non-hydrogen) atoms. The van der Waals surface area contributed by atoms with Gasteiger partial charge in [0.25, 0.3) is 0 Å². The molecule has 1 aromatic rings. The number of aliphatic hydroxyl groups excluding tert-OH is 1. The first-order valence-electron chi connectivity index (χ1n) is 12.7. The van der Waals surface area contributed by atoms with Crippen molar-refractivity contribution >= 4 is 25.7 Å². The van der Waals surface area contributed by atoms with Crippen LogP contribution in [0.4, 0.5) is 0 Å². The van der Waals surface area contributed by atoms with Crippen molar-refractivity contribution in [3.63, 3.8) is 0 Å². The number of nitrogens with one attached hydrogen (secondary N) is 1. The Morgan fingerprint density at radius 3 is 2.61 bits per heavy atom. The van der Waals surface area contributed by atoms with Gasteiger partial charge in [0.05, 0.1) is 0 Å². The van der Waals surface area contributed by atoms with Gasteiger partial charge in [-0.15, -0.1) is 0 Å². The van der Waals surface area contributed by atoms with Crippen LogP contribution in [0.1, 0.15) is 63.4 Å². The van der Waals surface area contributed by atoms with E-state index in [4.69, 9.17) is 15.2 Å². The zero-order valence-corrected chi connectivity index (χ0v) is 22.1. The number of hydrogen-bond donors (Lipinski definition) is 3. The number of benzene rings is 1. The van der Waals surface area contributed by atoms with Crippen molar-refractivity contribution in [1.82, 2.24) is 5.32 Å². The van der Waals surface area contributed by atoms with Gasteiger partial charge < -0.3 is 0 Å². The average Bonchev–Trinajstić information content (AvgIpc) is 3.17. The molecule has 2 aliphatic rings. The molecule has 1 saturated heterocycles. The fourth-order valence-electron chi connectivity index (χ4n) is 4.17. The SMILES string of the molecule is NCCCOc1ccc(CC(CI2CCC(O)C2)NC(=O)CCCCCOC2CCC2)cc1. The number of carbonyl (C=O) groups is 1. The van der Waals surface area contributed by atoms with Crippen molar-refractivity contribution in [1.29, 1.82) is 0 Å². The number of amides is 1. The molecule has 1 aromatic carbocycles. The molecular formula is C26H43IN2O4. The summed E-state index contributed by atoms with van der Waals surface area (Å²) >= 11 is -1.18. The van der Waals surface area contributed by atoms with Crippen molar-refractivity contribution < 1.29 is 19.4 Å².